The van der Waals surface area contributed by atoms with Crippen molar-refractivity contribution in [1.29, 1.82) is 0 Å². The Bertz CT molecular complexity index is 1970. The number of nitrogens with zero attached hydrogens (tertiary/aromatic N) is 5. The van der Waals surface area contributed by atoms with Crippen molar-refractivity contribution < 1.29 is 14.3 Å². The summed E-state index contributed by atoms with van der Waals surface area (Å²) in [5.74, 6) is -0.553. The van der Waals surface area contributed by atoms with Crippen LogP contribution in [0, 0.1) is 6.92 Å². The zero-order valence-electron chi connectivity index (χ0n) is 26.5. The molecule has 3 N–H and O–H groups in total. The van der Waals surface area contributed by atoms with Gasteiger partial charge in [-0.1, -0.05) is 48.5 Å². The Morgan fingerprint density at radius 1 is 0.957 bits per heavy atom. The van der Waals surface area contributed by atoms with Crippen LogP contribution in [-0.4, -0.2) is 62.2 Å². The van der Waals surface area contributed by atoms with E-state index in [0.717, 1.165) is 43.6 Å². The number of likely N-dealkylation sites (tertiary alicyclic amines) is 1. The average Bonchev–Trinajstić information content (AvgIpc) is 3.64. The van der Waals surface area contributed by atoms with Crippen LogP contribution in [0.4, 0.5) is 11.5 Å². The highest BCUT2D eigenvalue weighted by Gasteiger charge is 2.39. The fourth-order valence-corrected chi connectivity index (χ4v) is 6.41. The first kappa shape index (κ1) is 30.5. The maximum Gasteiger partial charge on any atom is 0.284 e. The van der Waals surface area contributed by atoms with Gasteiger partial charge in [-0.05, 0) is 42.8 Å². The van der Waals surface area contributed by atoms with Crippen molar-refractivity contribution in [2.45, 2.75) is 32.1 Å². The standard InChI is InChI=1S/C36H37N7O4/c1-24-31(35(45)43(41(24)2)29-9-4-3-5-10-29)34(44)39-28-13-11-26(12-14-28)32-33(37)38-22-30(40-32)27-8-6-7-25(21-27)23-42-17-15-36(16-18-42)46-19-20-47-36/h3-14,21-22H,15-20,23H2,1-2H3,(H2,37,38)(H,39,44). The summed E-state index contributed by atoms with van der Waals surface area (Å²) in [5.41, 5.74) is 11.9. The minimum Gasteiger partial charge on any atom is -0.382 e. The fraction of sp³-hybridized carbons (Fsp3) is 0.278. The number of hydrogen-bond donors (Lipinski definition) is 2. The molecular formula is C36H37N7O4. The maximum atomic E-state index is 13.3. The number of carbonyl (C=O) groups is 1. The number of rotatable bonds is 7. The van der Waals surface area contributed by atoms with Crippen LogP contribution >= 0.6 is 0 Å². The minimum atomic E-state index is -0.476. The number of para-hydroxylation sites is 1. The second-order valence-corrected chi connectivity index (χ2v) is 12.0. The first-order valence-electron chi connectivity index (χ1n) is 15.8. The van der Waals surface area contributed by atoms with Crippen molar-refractivity contribution in [2.24, 2.45) is 7.05 Å². The Hall–Kier alpha value is -5.10. The van der Waals surface area contributed by atoms with Gasteiger partial charge in [0.05, 0.1) is 36.5 Å². The lowest BCUT2D eigenvalue weighted by molar-refractivity contribution is -0.185. The third kappa shape index (κ3) is 6.08. The number of nitrogens with one attached hydrogen (secondary N) is 1. The SMILES string of the molecule is Cc1c(C(=O)Nc2ccc(-c3nc(-c4cccc(CN5CCC6(CC5)OCCO6)c4)cnc3N)cc2)c(=O)n(-c2ccccc2)n1C. The molecule has 0 atom stereocenters. The van der Waals surface area contributed by atoms with Gasteiger partial charge >= 0.3 is 0 Å². The zero-order chi connectivity index (χ0) is 32.5. The number of aromatic nitrogens is 4. The molecule has 1 amide bonds. The minimum absolute atomic E-state index is 0.0894. The van der Waals surface area contributed by atoms with Crippen LogP contribution in [0.5, 0.6) is 0 Å². The Morgan fingerprint density at radius 3 is 2.40 bits per heavy atom. The molecule has 3 aromatic carbocycles. The van der Waals surface area contributed by atoms with Crippen molar-refractivity contribution in [2.75, 3.05) is 37.4 Å². The highest BCUT2D eigenvalue weighted by molar-refractivity contribution is 6.05. The zero-order valence-corrected chi connectivity index (χ0v) is 26.5. The molecule has 0 bridgehead atoms. The van der Waals surface area contributed by atoms with Crippen molar-refractivity contribution in [3.05, 3.63) is 112 Å². The monoisotopic (exact) mass is 631 g/mol. The van der Waals surface area contributed by atoms with Gasteiger partial charge in [-0.15, -0.1) is 0 Å². The van der Waals surface area contributed by atoms with E-state index < -0.39 is 5.91 Å². The van der Waals surface area contributed by atoms with Gasteiger partial charge in [-0.25, -0.2) is 14.6 Å². The van der Waals surface area contributed by atoms with Crippen LogP contribution in [-0.2, 0) is 23.1 Å². The number of nitrogens with two attached hydrogens (primary N) is 1. The van der Waals surface area contributed by atoms with Crippen LogP contribution in [0.3, 0.4) is 0 Å². The third-order valence-corrected chi connectivity index (χ3v) is 9.06. The molecule has 2 aliphatic heterocycles. The lowest BCUT2D eigenvalue weighted by atomic mass is 10.0. The normalized spacial score (nSPS) is 16.0. The van der Waals surface area contributed by atoms with Gasteiger partial charge in [0.2, 0.25) is 0 Å². The Kier molecular flexibility index (Phi) is 8.19. The number of benzene rings is 3. The number of piperidine rings is 1. The Balaban J connectivity index is 1.06. The molecule has 4 heterocycles. The average molecular weight is 632 g/mol. The molecule has 0 unspecified atom stereocenters. The maximum absolute atomic E-state index is 13.3. The smallest absolute Gasteiger partial charge is 0.284 e. The van der Waals surface area contributed by atoms with E-state index in [1.54, 1.807) is 37.0 Å². The molecule has 1 spiro atoms. The Morgan fingerprint density at radius 2 is 1.68 bits per heavy atom. The van der Waals surface area contributed by atoms with Crippen molar-refractivity contribution in [3.63, 3.8) is 0 Å². The van der Waals surface area contributed by atoms with E-state index >= 15 is 0 Å². The molecule has 2 saturated heterocycles. The lowest BCUT2D eigenvalue weighted by Gasteiger charge is -2.37. The summed E-state index contributed by atoms with van der Waals surface area (Å²) in [4.78, 5) is 38.3. The molecule has 0 saturated carbocycles. The number of ether oxygens (including phenoxy) is 2. The summed E-state index contributed by atoms with van der Waals surface area (Å²) in [6.07, 6.45) is 3.44. The Labute approximate surface area is 272 Å². The summed E-state index contributed by atoms with van der Waals surface area (Å²) in [7, 11) is 1.76. The van der Waals surface area contributed by atoms with Gasteiger partial charge in [0.25, 0.3) is 11.5 Å². The number of nitrogen functional groups attached to an aromatic ring is 1. The number of hydrogen-bond acceptors (Lipinski definition) is 8. The van der Waals surface area contributed by atoms with E-state index in [1.165, 1.54) is 10.2 Å². The largest absolute Gasteiger partial charge is 0.382 e. The topological polar surface area (TPSA) is 130 Å². The first-order valence-corrected chi connectivity index (χ1v) is 15.8. The second-order valence-electron chi connectivity index (χ2n) is 12.0. The molecule has 0 radical (unpaired) electrons. The predicted octanol–water partition coefficient (Wildman–Crippen LogP) is 4.78. The highest BCUT2D eigenvalue weighted by atomic mass is 16.7. The summed E-state index contributed by atoms with van der Waals surface area (Å²) >= 11 is 0. The molecule has 11 heteroatoms. The summed E-state index contributed by atoms with van der Waals surface area (Å²) in [5, 5.41) is 2.87. The van der Waals surface area contributed by atoms with Gasteiger partial charge in [0.15, 0.2) is 5.79 Å². The highest BCUT2D eigenvalue weighted by Crippen LogP contribution is 2.32. The molecule has 2 aromatic heterocycles. The molecule has 47 heavy (non-hydrogen) atoms. The predicted molar refractivity (Wildman–Crippen MR) is 180 cm³/mol. The number of anilines is 2. The van der Waals surface area contributed by atoms with Gasteiger partial charge < -0.3 is 20.5 Å². The number of amides is 1. The number of carbonyl (C=O) groups excluding carboxylic acids is 1. The van der Waals surface area contributed by atoms with Crippen molar-refractivity contribution >= 4 is 17.4 Å². The molecule has 2 fully saturated rings. The van der Waals surface area contributed by atoms with Crippen LogP contribution in [0.2, 0.25) is 0 Å². The molecule has 7 rings (SSSR count). The molecule has 2 aliphatic rings. The lowest BCUT2D eigenvalue weighted by Crippen LogP contribution is -2.44. The van der Waals surface area contributed by atoms with Crippen LogP contribution in [0.15, 0.2) is 89.9 Å². The summed E-state index contributed by atoms with van der Waals surface area (Å²) in [6.45, 7) is 5.79. The van der Waals surface area contributed by atoms with E-state index in [1.807, 2.05) is 54.6 Å². The van der Waals surface area contributed by atoms with Gasteiger partial charge in [-0.2, -0.15) is 0 Å². The van der Waals surface area contributed by atoms with Gasteiger partial charge in [0, 0.05) is 56.3 Å². The van der Waals surface area contributed by atoms with E-state index in [9.17, 15) is 9.59 Å². The molecular weight excluding hydrogens is 594 g/mol. The molecule has 0 aliphatic carbocycles. The molecule has 11 nitrogen and oxygen atoms in total. The summed E-state index contributed by atoms with van der Waals surface area (Å²) in [6, 6.07) is 24.8. The van der Waals surface area contributed by atoms with Gasteiger partial charge in [-0.3, -0.25) is 19.2 Å². The molecule has 5 aromatic rings. The van der Waals surface area contributed by atoms with E-state index in [0.29, 0.717) is 47.5 Å². The molecule has 240 valence electrons. The van der Waals surface area contributed by atoms with E-state index in [2.05, 4.69) is 27.3 Å². The van der Waals surface area contributed by atoms with Crippen LogP contribution < -0.4 is 16.6 Å². The third-order valence-electron chi connectivity index (χ3n) is 9.06. The quantitative estimate of drug-likeness (QED) is 0.263. The van der Waals surface area contributed by atoms with Gasteiger partial charge in [0.1, 0.15) is 17.1 Å². The van der Waals surface area contributed by atoms with E-state index in [4.69, 9.17) is 20.2 Å². The summed E-state index contributed by atoms with van der Waals surface area (Å²) < 4.78 is 14.9. The van der Waals surface area contributed by atoms with Crippen molar-refractivity contribution in [3.8, 4) is 28.2 Å². The second kappa shape index (κ2) is 12.6. The van der Waals surface area contributed by atoms with Crippen molar-refractivity contribution in [1.82, 2.24) is 24.2 Å². The first-order chi connectivity index (χ1) is 22.8. The van der Waals surface area contributed by atoms with E-state index in [-0.39, 0.29) is 16.9 Å². The van der Waals surface area contributed by atoms with Crippen LogP contribution in [0.1, 0.15) is 34.5 Å². The van der Waals surface area contributed by atoms with Crippen LogP contribution in [0.25, 0.3) is 28.2 Å². The fourth-order valence-electron chi connectivity index (χ4n) is 6.41.